The minimum atomic E-state index is -2.98. The van der Waals surface area contributed by atoms with Crippen molar-refractivity contribution in [3.8, 4) is 0 Å². The van der Waals surface area contributed by atoms with Gasteiger partial charge in [0.05, 0.1) is 11.4 Å². The molecule has 0 aromatic carbocycles. The van der Waals surface area contributed by atoms with E-state index in [1.807, 2.05) is 13.2 Å². The van der Waals surface area contributed by atoms with Gasteiger partial charge >= 0.3 is 0 Å². The summed E-state index contributed by atoms with van der Waals surface area (Å²) in [6, 6.07) is -0.0878. The van der Waals surface area contributed by atoms with E-state index < -0.39 is 9.84 Å². The molecule has 18 heavy (non-hydrogen) atoms. The highest BCUT2D eigenvalue weighted by atomic mass is 32.2. The van der Waals surface area contributed by atoms with Crippen LogP contribution in [-0.2, 0) is 23.4 Å². The van der Waals surface area contributed by atoms with Crippen LogP contribution in [0.4, 0.5) is 0 Å². The van der Waals surface area contributed by atoms with Crippen molar-refractivity contribution in [2.75, 3.05) is 5.75 Å². The van der Waals surface area contributed by atoms with Gasteiger partial charge in [-0.05, 0) is 5.92 Å². The zero-order valence-electron chi connectivity index (χ0n) is 10.9. The van der Waals surface area contributed by atoms with E-state index in [0.717, 1.165) is 11.3 Å². The summed E-state index contributed by atoms with van der Waals surface area (Å²) in [7, 11) is -1.09. The van der Waals surface area contributed by atoms with Gasteiger partial charge in [0.2, 0.25) is 0 Å². The van der Waals surface area contributed by atoms with Gasteiger partial charge in [-0.25, -0.2) is 8.42 Å². The Hall–Kier alpha value is -1.14. The van der Waals surface area contributed by atoms with Gasteiger partial charge in [0.25, 0.3) is 0 Å². The van der Waals surface area contributed by atoms with E-state index in [9.17, 15) is 8.42 Å². The van der Waals surface area contributed by atoms with Gasteiger partial charge in [-0.1, -0.05) is 19.9 Å². The minimum Gasteiger partial charge on any atom is -0.305 e. The number of nitrogens with one attached hydrogen (secondary N) is 1. The van der Waals surface area contributed by atoms with Crippen molar-refractivity contribution >= 4 is 9.84 Å². The van der Waals surface area contributed by atoms with Gasteiger partial charge in [-0.3, -0.25) is 4.68 Å². The molecule has 0 saturated carbocycles. The molecular weight excluding hydrogens is 250 g/mol. The van der Waals surface area contributed by atoms with Crippen LogP contribution < -0.4 is 5.32 Å². The summed E-state index contributed by atoms with van der Waals surface area (Å²) in [6.45, 7) is 4.85. The third-order valence-corrected chi connectivity index (χ3v) is 4.36. The molecule has 1 aromatic heterocycles. The molecule has 1 atom stereocenters. The normalized spacial score (nSPS) is 21.9. The van der Waals surface area contributed by atoms with Crippen LogP contribution in [0.2, 0.25) is 0 Å². The molecule has 0 fully saturated rings. The van der Waals surface area contributed by atoms with Crippen LogP contribution in [0.15, 0.2) is 17.7 Å². The van der Waals surface area contributed by atoms with Gasteiger partial charge in [-0.2, -0.15) is 5.10 Å². The Labute approximate surface area is 108 Å². The molecule has 1 aliphatic heterocycles. The Kier molecular flexibility index (Phi) is 3.59. The Balaban J connectivity index is 2.01. The molecule has 0 aliphatic carbocycles. The lowest BCUT2D eigenvalue weighted by atomic mass is 10.1. The van der Waals surface area contributed by atoms with Crippen LogP contribution in [0.5, 0.6) is 0 Å². The number of nitrogens with zero attached hydrogens (tertiary/aromatic N) is 2. The van der Waals surface area contributed by atoms with E-state index in [1.54, 1.807) is 10.8 Å². The zero-order chi connectivity index (χ0) is 13.3. The highest BCUT2D eigenvalue weighted by Gasteiger charge is 2.21. The van der Waals surface area contributed by atoms with Gasteiger partial charge < -0.3 is 5.32 Å². The predicted octanol–water partition coefficient (Wildman–Crippen LogP) is 0.944. The average molecular weight is 269 g/mol. The highest BCUT2D eigenvalue weighted by Crippen LogP contribution is 2.17. The van der Waals surface area contributed by atoms with Crippen LogP contribution in [0.3, 0.4) is 0 Å². The van der Waals surface area contributed by atoms with Gasteiger partial charge in [-0.15, -0.1) is 0 Å². The third-order valence-electron chi connectivity index (χ3n) is 2.97. The maximum absolute atomic E-state index is 11.3. The molecule has 0 bridgehead atoms. The monoisotopic (exact) mass is 269 g/mol. The first-order valence-corrected chi connectivity index (χ1v) is 7.75. The lowest BCUT2D eigenvalue weighted by Gasteiger charge is -2.10. The molecule has 1 unspecified atom stereocenters. The fraction of sp³-hybridized carbons (Fsp3) is 0.583. The summed E-state index contributed by atoms with van der Waals surface area (Å²) in [6.07, 6.45) is 3.69. The van der Waals surface area contributed by atoms with Gasteiger partial charge in [0.15, 0.2) is 9.84 Å². The zero-order valence-corrected chi connectivity index (χ0v) is 11.7. The average Bonchev–Trinajstić information content (AvgIpc) is 2.78. The van der Waals surface area contributed by atoms with Gasteiger partial charge in [0.1, 0.15) is 0 Å². The first-order valence-electron chi connectivity index (χ1n) is 6.04. The Bertz CT molecular complexity index is 558. The second-order valence-corrected chi connectivity index (χ2v) is 6.94. The number of sulfone groups is 1. The molecule has 2 heterocycles. The molecule has 2 rings (SSSR count). The van der Waals surface area contributed by atoms with Crippen molar-refractivity contribution in [2.45, 2.75) is 32.4 Å². The second kappa shape index (κ2) is 4.85. The highest BCUT2D eigenvalue weighted by molar-refractivity contribution is 7.94. The smallest absolute Gasteiger partial charge is 0.173 e. The first kappa shape index (κ1) is 13.3. The van der Waals surface area contributed by atoms with E-state index in [0.29, 0.717) is 12.5 Å². The number of aromatic nitrogens is 2. The molecule has 0 radical (unpaired) electrons. The largest absolute Gasteiger partial charge is 0.305 e. The number of hydrogen-bond acceptors (Lipinski definition) is 4. The van der Waals surface area contributed by atoms with Crippen molar-refractivity contribution in [3.63, 3.8) is 0 Å². The van der Waals surface area contributed by atoms with Crippen molar-refractivity contribution in [3.05, 3.63) is 28.9 Å². The molecule has 0 saturated heterocycles. The molecule has 6 heteroatoms. The van der Waals surface area contributed by atoms with Gasteiger partial charge in [0, 0.05) is 36.8 Å². The topological polar surface area (TPSA) is 64.0 Å². The number of aryl methyl sites for hydroxylation is 1. The predicted molar refractivity (Wildman–Crippen MR) is 70.9 cm³/mol. The molecule has 1 aromatic rings. The summed E-state index contributed by atoms with van der Waals surface area (Å²) in [4.78, 5) is 0. The Morgan fingerprint density at radius 3 is 2.83 bits per heavy atom. The van der Waals surface area contributed by atoms with Crippen LogP contribution in [0.1, 0.15) is 31.0 Å². The first-order chi connectivity index (χ1) is 8.37. The molecule has 0 amide bonds. The fourth-order valence-corrected chi connectivity index (χ4v) is 3.39. The molecule has 1 aliphatic rings. The van der Waals surface area contributed by atoms with E-state index in [-0.39, 0.29) is 11.8 Å². The number of hydrogen-bond donors (Lipinski definition) is 1. The summed E-state index contributed by atoms with van der Waals surface area (Å²) in [5, 5.41) is 8.96. The fourth-order valence-electron chi connectivity index (χ4n) is 2.12. The van der Waals surface area contributed by atoms with Crippen LogP contribution in [0.25, 0.3) is 0 Å². The van der Waals surface area contributed by atoms with Crippen LogP contribution >= 0.6 is 0 Å². The molecule has 1 N–H and O–H groups in total. The quantitative estimate of drug-likeness (QED) is 0.883. The molecular formula is C12H19N3O2S. The van der Waals surface area contributed by atoms with E-state index in [2.05, 4.69) is 24.3 Å². The lowest BCUT2D eigenvalue weighted by molar-refractivity contribution is 0.589. The SMILES string of the molecule is CC(C)c1nn(C)cc1CNC1C=CS(=O)(=O)C1. The van der Waals surface area contributed by atoms with E-state index >= 15 is 0 Å². The van der Waals surface area contributed by atoms with E-state index in [1.165, 1.54) is 5.41 Å². The van der Waals surface area contributed by atoms with E-state index in [4.69, 9.17) is 0 Å². The van der Waals surface area contributed by atoms with Crippen molar-refractivity contribution in [1.82, 2.24) is 15.1 Å². The van der Waals surface area contributed by atoms with Crippen molar-refractivity contribution in [1.29, 1.82) is 0 Å². The summed E-state index contributed by atoms with van der Waals surface area (Å²) in [5.74, 6) is 0.524. The standard InChI is InChI=1S/C12H19N3O2S/c1-9(2)12-10(7-15(3)14-12)6-13-11-4-5-18(16,17)8-11/h4-5,7,9,11,13H,6,8H2,1-3H3. The Morgan fingerprint density at radius 2 is 2.28 bits per heavy atom. The Morgan fingerprint density at radius 1 is 1.56 bits per heavy atom. The summed E-state index contributed by atoms with van der Waals surface area (Å²) < 4.78 is 24.4. The lowest BCUT2D eigenvalue weighted by Crippen LogP contribution is -2.29. The summed E-state index contributed by atoms with van der Waals surface area (Å²) >= 11 is 0. The second-order valence-electron chi connectivity index (χ2n) is 5.01. The molecule has 5 nitrogen and oxygen atoms in total. The number of rotatable bonds is 4. The van der Waals surface area contributed by atoms with Crippen molar-refractivity contribution < 1.29 is 8.42 Å². The third kappa shape index (κ3) is 3.00. The van der Waals surface area contributed by atoms with Crippen LogP contribution in [0, 0.1) is 0 Å². The van der Waals surface area contributed by atoms with Crippen molar-refractivity contribution in [2.24, 2.45) is 7.05 Å². The minimum absolute atomic E-state index is 0.0878. The summed E-state index contributed by atoms with van der Waals surface area (Å²) in [5.41, 5.74) is 2.19. The van der Waals surface area contributed by atoms with Crippen LogP contribution in [-0.4, -0.2) is 30.0 Å². The molecule has 100 valence electrons. The molecule has 0 spiro atoms. The maximum Gasteiger partial charge on any atom is 0.173 e. The maximum atomic E-state index is 11.3.